The smallest absolute Gasteiger partial charge is 0.242 e. The van der Waals surface area contributed by atoms with Gasteiger partial charge in [0.15, 0.2) is 0 Å². The van der Waals surface area contributed by atoms with Crippen LogP contribution in [0.5, 0.6) is 0 Å². The fraction of sp³-hybridized carbons (Fsp3) is 0.861. The van der Waals surface area contributed by atoms with Crippen molar-refractivity contribution in [1.82, 2.24) is 20.6 Å². The van der Waals surface area contributed by atoms with Gasteiger partial charge in [-0.1, -0.05) is 162 Å². The van der Waals surface area contributed by atoms with Gasteiger partial charge in [0.1, 0.15) is 6.04 Å². The van der Waals surface area contributed by atoms with Crippen LogP contribution >= 0.6 is 0 Å². The maximum absolute atomic E-state index is 12.9. The molecule has 1 aromatic heterocycles. The molecule has 3 N–H and O–H groups in total. The van der Waals surface area contributed by atoms with Crippen molar-refractivity contribution in [1.29, 1.82) is 0 Å². The van der Waals surface area contributed by atoms with Crippen LogP contribution in [0.4, 0.5) is 0 Å². The van der Waals surface area contributed by atoms with Gasteiger partial charge in [0, 0.05) is 25.6 Å². The number of aromatic nitrogens is 2. The number of hydrogen-bond acceptors (Lipinski definition) is 3. The van der Waals surface area contributed by atoms with E-state index in [0.717, 1.165) is 31.4 Å². The number of carbonyl (C=O) groups excluding carboxylic acids is 2. The Morgan fingerprint density at radius 2 is 1.07 bits per heavy atom. The number of rotatable bonds is 31. The molecular weight excluding hydrogens is 520 g/mol. The third-order valence-corrected chi connectivity index (χ3v) is 8.46. The minimum atomic E-state index is -0.569. The van der Waals surface area contributed by atoms with Crippen LogP contribution < -0.4 is 10.6 Å². The van der Waals surface area contributed by atoms with Crippen LogP contribution in [0.2, 0.25) is 0 Å². The van der Waals surface area contributed by atoms with E-state index in [0.29, 0.717) is 19.4 Å². The van der Waals surface area contributed by atoms with Gasteiger partial charge in [0.05, 0.1) is 12.0 Å². The molecule has 0 aliphatic heterocycles. The van der Waals surface area contributed by atoms with Crippen molar-refractivity contribution in [2.75, 3.05) is 6.54 Å². The van der Waals surface area contributed by atoms with E-state index in [1.165, 1.54) is 135 Å². The number of amides is 2. The first-order valence-corrected chi connectivity index (χ1v) is 18.2. The molecule has 0 spiro atoms. The summed E-state index contributed by atoms with van der Waals surface area (Å²) in [6.45, 7) is 5.21. The third kappa shape index (κ3) is 23.7. The van der Waals surface area contributed by atoms with Gasteiger partial charge in [-0.15, -0.1) is 0 Å². The predicted octanol–water partition coefficient (Wildman–Crippen LogP) is 9.74. The highest BCUT2D eigenvalue weighted by Gasteiger charge is 2.21. The van der Waals surface area contributed by atoms with E-state index < -0.39 is 6.04 Å². The van der Waals surface area contributed by atoms with E-state index in [2.05, 4.69) is 34.4 Å². The molecule has 0 saturated carbocycles. The monoisotopic (exact) mass is 589 g/mol. The highest BCUT2D eigenvalue weighted by atomic mass is 16.2. The van der Waals surface area contributed by atoms with Crippen molar-refractivity contribution in [2.45, 2.75) is 193 Å². The van der Waals surface area contributed by atoms with Crippen molar-refractivity contribution in [2.24, 2.45) is 0 Å². The molecule has 0 bridgehead atoms. The predicted molar refractivity (Wildman–Crippen MR) is 179 cm³/mol. The highest BCUT2D eigenvalue weighted by Crippen LogP contribution is 2.14. The number of aromatic amines is 1. The summed E-state index contributed by atoms with van der Waals surface area (Å²) in [5, 5.41) is 6.05. The van der Waals surface area contributed by atoms with Gasteiger partial charge in [-0.05, 0) is 12.8 Å². The van der Waals surface area contributed by atoms with Crippen LogP contribution in [0.1, 0.15) is 186 Å². The lowest BCUT2D eigenvalue weighted by Gasteiger charge is -2.18. The zero-order chi connectivity index (χ0) is 30.4. The van der Waals surface area contributed by atoms with Gasteiger partial charge < -0.3 is 15.6 Å². The molecular formula is C36H68N4O2. The van der Waals surface area contributed by atoms with E-state index in [-0.39, 0.29) is 11.8 Å². The largest absolute Gasteiger partial charge is 0.354 e. The summed E-state index contributed by atoms with van der Waals surface area (Å²) < 4.78 is 0. The molecule has 6 nitrogen and oxygen atoms in total. The molecule has 0 aliphatic rings. The van der Waals surface area contributed by atoms with Gasteiger partial charge in [0.2, 0.25) is 11.8 Å². The van der Waals surface area contributed by atoms with Crippen LogP contribution in [0.25, 0.3) is 0 Å². The Kier molecular flexibility index (Phi) is 26.6. The lowest BCUT2D eigenvalue weighted by molar-refractivity contribution is -0.129. The van der Waals surface area contributed by atoms with Crippen LogP contribution in [0, 0.1) is 0 Å². The van der Waals surface area contributed by atoms with E-state index in [9.17, 15) is 9.59 Å². The average molecular weight is 589 g/mol. The molecule has 0 radical (unpaired) electrons. The second-order valence-electron chi connectivity index (χ2n) is 12.6. The minimum Gasteiger partial charge on any atom is -0.354 e. The van der Waals surface area contributed by atoms with Crippen LogP contribution in [0.3, 0.4) is 0 Å². The fourth-order valence-electron chi connectivity index (χ4n) is 5.69. The number of H-pyrrole nitrogens is 1. The number of nitrogens with zero attached hydrogens (tertiary/aromatic N) is 1. The summed E-state index contributed by atoms with van der Waals surface area (Å²) in [6.07, 6.45) is 36.7. The van der Waals surface area contributed by atoms with Crippen LogP contribution in [-0.2, 0) is 16.0 Å². The molecule has 42 heavy (non-hydrogen) atoms. The second-order valence-corrected chi connectivity index (χ2v) is 12.6. The number of nitrogens with one attached hydrogen (secondary N) is 3. The molecule has 1 atom stereocenters. The van der Waals surface area contributed by atoms with Gasteiger partial charge in [-0.2, -0.15) is 0 Å². The molecule has 1 heterocycles. The van der Waals surface area contributed by atoms with E-state index in [1.54, 1.807) is 12.5 Å². The summed E-state index contributed by atoms with van der Waals surface area (Å²) in [6, 6.07) is -0.569. The maximum Gasteiger partial charge on any atom is 0.242 e. The Labute approximate surface area is 259 Å². The van der Waals surface area contributed by atoms with Crippen LogP contribution in [-0.4, -0.2) is 34.4 Å². The summed E-state index contributed by atoms with van der Waals surface area (Å²) in [4.78, 5) is 32.8. The summed E-state index contributed by atoms with van der Waals surface area (Å²) in [5.41, 5.74) is 0.793. The SMILES string of the molecule is CCCCCCCCCCCCCCCC(=O)NC(Cc1c[nH]cn1)C(=O)NCCCCCCCCCCCCCC. The van der Waals surface area contributed by atoms with E-state index in [1.807, 2.05) is 0 Å². The Balaban J connectivity index is 2.11. The molecule has 6 heteroatoms. The summed E-state index contributed by atoms with van der Waals surface area (Å²) in [5.74, 6) is -0.126. The van der Waals surface area contributed by atoms with Crippen LogP contribution in [0.15, 0.2) is 12.5 Å². The first-order chi connectivity index (χ1) is 20.7. The van der Waals surface area contributed by atoms with Crippen molar-refractivity contribution in [3.8, 4) is 0 Å². The second kappa shape index (κ2) is 29.2. The Morgan fingerprint density at radius 3 is 1.50 bits per heavy atom. The van der Waals surface area contributed by atoms with Gasteiger partial charge in [0.25, 0.3) is 0 Å². The fourth-order valence-corrected chi connectivity index (χ4v) is 5.69. The average Bonchev–Trinajstić information content (AvgIpc) is 3.50. The number of unbranched alkanes of at least 4 members (excludes halogenated alkanes) is 23. The molecule has 1 aromatic rings. The topological polar surface area (TPSA) is 86.9 Å². The van der Waals surface area contributed by atoms with Crippen molar-refractivity contribution >= 4 is 11.8 Å². The van der Waals surface area contributed by atoms with Gasteiger partial charge >= 0.3 is 0 Å². The molecule has 0 aliphatic carbocycles. The molecule has 0 fully saturated rings. The molecule has 244 valence electrons. The van der Waals surface area contributed by atoms with E-state index >= 15 is 0 Å². The molecule has 0 saturated heterocycles. The number of hydrogen-bond donors (Lipinski definition) is 3. The lowest BCUT2D eigenvalue weighted by Crippen LogP contribution is -2.48. The number of carbonyl (C=O) groups is 2. The quantitative estimate of drug-likeness (QED) is 0.0755. The standard InChI is InChI=1S/C36H68N4O2/c1-3-5-7-9-11-13-15-17-18-20-22-24-26-28-35(41)40-34(30-33-31-37-32-39-33)36(42)38-29-27-25-23-21-19-16-14-12-10-8-6-4-2/h31-32,34H,3-30H2,1-2H3,(H,37,39)(H,38,42)(H,40,41). The van der Waals surface area contributed by atoms with Gasteiger partial charge in [-0.25, -0.2) is 4.98 Å². The first-order valence-electron chi connectivity index (χ1n) is 18.2. The highest BCUT2D eigenvalue weighted by molar-refractivity contribution is 5.87. The van der Waals surface area contributed by atoms with Crippen molar-refractivity contribution in [3.63, 3.8) is 0 Å². The summed E-state index contributed by atoms with van der Waals surface area (Å²) >= 11 is 0. The molecule has 1 rings (SSSR count). The zero-order valence-corrected chi connectivity index (χ0v) is 27.8. The third-order valence-electron chi connectivity index (χ3n) is 8.46. The van der Waals surface area contributed by atoms with Crippen molar-refractivity contribution < 1.29 is 9.59 Å². The normalized spacial score (nSPS) is 12.0. The molecule has 2 amide bonds. The minimum absolute atomic E-state index is 0.0286. The van der Waals surface area contributed by atoms with Crippen molar-refractivity contribution in [3.05, 3.63) is 18.2 Å². The van der Waals surface area contributed by atoms with Gasteiger partial charge in [-0.3, -0.25) is 9.59 Å². The summed E-state index contributed by atoms with van der Waals surface area (Å²) in [7, 11) is 0. The zero-order valence-electron chi connectivity index (χ0n) is 27.8. The Hall–Kier alpha value is -1.85. The first kappa shape index (κ1) is 38.2. The maximum atomic E-state index is 12.9. The molecule has 0 aromatic carbocycles. The number of imidazole rings is 1. The Bertz CT molecular complexity index is 722. The van der Waals surface area contributed by atoms with E-state index in [4.69, 9.17) is 0 Å². The Morgan fingerprint density at radius 1 is 0.643 bits per heavy atom. The molecule has 1 unspecified atom stereocenters. The lowest BCUT2D eigenvalue weighted by atomic mass is 10.0.